The van der Waals surface area contributed by atoms with Gasteiger partial charge in [-0.15, -0.1) is 0 Å². The summed E-state index contributed by atoms with van der Waals surface area (Å²) < 4.78 is 24.1. The van der Waals surface area contributed by atoms with E-state index in [9.17, 15) is 4.39 Å². The van der Waals surface area contributed by atoms with Crippen molar-refractivity contribution in [3.8, 4) is 0 Å². The van der Waals surface area contributed by atoms with Crippen molar-refractivity contribution in [2.24, 2.45) is 11.7 Å². The molecule has 0 aliphatic carbocycles. The molecular weight excluding hydrogens is 235 g/mol. The van der Waals surface area contributed by atoms with Crippen LogP contribution in [0.15, 0.2) is 18.2 Å². The van der Waals surface area contributed by atoms with E-state index < -0.39 is 5.82 Å². The van der Waals surface area contributed by atoms with Gasteiger partial charge in [-0.1, -0.05) is 0 Å². The van der Waals surface area contributed by atoms with Crippen molar-refractivity contribution in [1.29, 1.82) is 5.41 Å². The average molecular weight is 252 g/mol. The topological polar surface area (TPSA) is 68.3 Å². The predicted molar refractivity (Wildman–Crippen MR) is 66.0 cm³/mol. The van der Waals surface area contributed by atoms with Crippen LogP contribution >= 0.6 is 0 Å². The van der Waals surface area contributed by atoms with Gasteiger partial charge in [-0.05, 0) is 30.2 Å². The van der Waals surface area contributed by atoms with Gasteiger partial charge in [0.25, 0.3) is 0 Å². The second kappa shape index (κ2) is 5.93. The highest BCUT2D eigenvalue weighted by Gasteiger charge is 2.15. The van der Waals surface area contributed by atoms with Crippen LogP contribution in [-0.4, -0.2) is 25.7 Å². The highest BCUT2D eigenvalue weighted by Crippen LogP contribution is 2.14. The molecule has 0 radical (unpaired) electrons. The van der Waals surface area contributed by atoms with Crippen molar-refractivity contribution < 1.29 is 13.9 Å². The fraction of sp³-hybridized carbons (Fsp3) is 0.462. The summed E-state index contributed by atoms with van der Waals surface area (Å²) in [5.74, 6) is -0.101. The Morgan fingerprint density at radius 3 is 3.00 bits per heavy atom. The highest BCUT2D eigenvalue weighted by molar-refractivity contribution is 5.95. The van der Waals surface area contributed by atoms with Gasteiger partial charge in [0.1, 0.15) is 11.7 Å². The molecule has 0 aromatic heterocycles. The average Bonchev–Trinajstić information content (AvgIpc) is 2.81. The number of hydrogen-bond donors (Lipinski definition) is 2. The molecule has 1 unspecified atom stereocenters. The van der Waals surface area contributed by atoms with E-state index in [1.54, 1.807) is 6.07 Å². The van der Waals surface area contributed by atoms with Crippen LogP contribution in [0.2, 0.25) is 0 Å². The molecule has 1 aromatic rings. The van der Waals surface area contributed by atoms with Crippen LogP contribution < -0.4 is 5.73 Å². The summed E-state index contributed by atoms with van der Waals surface area (Å²) in [4.78, 5) is 0. The number of halogens is 1. The zero-order valence-electron chi connectivity index (χ0n) is 10.1. The lowest BCUT2D eigenvalue weighted by Crippen LogP contribution is -2.13. The zero-order chi connectivity index (χ0) is 13.0. The lowest BCUT2D eigenvalue weighted by Gasteiger charge is -2.09. The van der Waals surface area contributed by atoms with Crippen molar-refractivity contribution >= 4 is 5.84 Å². The molecule has 2 rings (SSSR count). The lowest BCUT2D eigenvalue weighted by molar-refractivity contribution is 0.0790. The molecule has 4 nitrogen and oxygen atoms in total. The molecule has 1 aliphatic rings. The second-order valence-corrected chi connectivity index (χ2v) is 4.51. The third-order valence-electron chi connectivity index (χ3n) is 2.91. The van der Waals surface area contributed by atoms with E-state index in [-0.39, 0.29) is 5.84 Å². The van der Waals surface area contributed by atoms with Gasteiger partial charge in [0.05, 0.1) is 19.8 Å². The Kier molecular flexibility index (Phi) is 4.28. The second-order valence-electron chi connectivity index (χ2n) is 4.51. The van der Waals surface area contributed by atoms with Gasteiger partial charge in [0.15, 0.2) is 0 Å². The number of hydrogen-bond acceptors (Lipinski definition) is 3. The number of ether oxygens (including phenoxy) is 2. The van der Waals surface area contributed by atoms with Crippen LogP contribution in [-0.2, 0) is 16.1 Å². The highest BCUT2D eigenvalue weighted by atomic mass is 19.1. The standard InChI is InChI=1S/C13H17FN2O2/c14-12-4-10(3-11(5-12)13(15)16)8-18-7-9-1-2-17-6-9/h3-5,9H,1-2,6-8H2,(H3,15,16). The van der Waals surface area contributed by atoms with Crippen molar-refractivity contribution in [1.82, 2.24) is 0 Å². The monoisotopic (exact) mass is 252 g/mol. The smallest absolute Gasteiger partial charge is 0.124 e. The quantitative estimate of drug-likeness (QED) is 0.618. The van der Waals surface area contributed by atoms with Gasteiger partial charge in [0.2, 0.25) is 0 Å². The molecule has 1 aromatic carbocycles. The first kappa shape index (κ1) is 13.0. The van der Waals surface area contributed by atoms with E-state index in [2.05, 4.69) is 0 Å². The summed E-state index contributed by atoms with van der Waals surface area (Å²) in [6.45, 7) is 2.48. The van der Waals surface area contributed by atoms with Crippen molar-refractivity contribution in [2.45, 2.75) is 13.0 Å². The molecule has 1 heterocycles. The van der Waals surface area contributed by atoms with Gasteiger partial charge >= 0.3 is 0 Å². The minimum Gasteiger partial charge on any atom is -0.384 e. The molecule has 0 bridgehead atoms. The summed E-state index contributed by atoms with van der Waals surface area (Å²) >= 11 is 0. The van der Waals surface area contributed by atoms with Crippen molar-refractivity contribution in [3.63, 3.8) is 0 Å². The third kappa shape index (κ3) is 3.51. The van der Waals surface area contributed by atoms with Crippen molar-refractivity contribution in [2.75, 3.05) is 19.8 Å². The Hall–Kier alpha value is -1.46. The predicted octanol–water partition coefficient (Wildman–Crippen LogP) is 1.66. The van der Waals surface area contributed by atoms with Crippen molar-refractivity contribution in [3.05, 3.63) is 35.1 Å². The molecule has 0 amide bonds. The van der Waals surface area contributed by atoms with Gasteiger partial charge < -0.3 is 15.2 Å². The lowest BCUT2D eigenvalue weighted by atomic mass is 10.1. The summed E-state index contributed by atoms with van der Waals surface area (Å²) in [5.41, 5.74) is 6.42. The fourth-order valence-corrected chi connectivity index (χ4v) is 1.95. The van der Waals surface area contributed by atoms with E-state index in [0.717, 1.165) is 19.6 Å². The number of nitrogen functional groups attached to an aromatic ring is 1. The normalized spacial score (nSPS) is 19.1. The van der Waals surface area contributed by atoms with Gasteiger partial charge in [-0.2, -0.15) is 0 Å². The molecule has 0 saturated carbocycles. The first-order chi connectivity index (χ1) is 8.65. The van der Waals surface area contributed by atoms with E-state index in [4.69, 9.17) is 20.6 Å². The molecule has 3 N–H and O–H groups in total. The Labute approximate surface area is 105 Å². The third-order valence-corrected chi connectivity index (χ3v) is 2.91. The zero-order valence-corrected chi connectivity index (χ0v) is 10.1. The summed E-state index contributed by atoms with van der Waals surface area (Å²) in [6.07, 6.45) is 1.02. The minimum absolute atomic E-state index is 0.139. The number of nitrogens with one attached hydrogen (secondary N) is 1. The summed E-state index contributed by atoms with van der Waals surface area (Å²) in [5, 5.41) is 7.30. The SMILES string of the molecule is N=C(N)c1cc(F)cc(COCC2CCOC2)c1. The first-order valence-electron chi connectivity index (χ1n) is 5.94. The van der Waals surface area contributed by atoms with E-state index in [1.165, 1.54) is 12.1 Å². The summed E-state index contributed by atoms with van der Waals surface area (Å²) in [7, 11) is 0. The number of amidine groups is 1. The number of rotatable bonds is 5. The maximum atomic E-state index is 13.3. The molecule has 1 aliphatic heterocycles. The van der Waals surface area contributed by atoms with Crippen LogP contribution in [0.25, 0.3) is 0 Å². The molecule has 1 atom stereocenters. The maximum absolute atomic E-state index is 13.3. The molecular formula is C13H17FN2O2. The largest absolute Gasteiger partial charge is 0.384 e. The van der Waals surface area contributed by atoms with Crippen LogP contribution in [0.5, 0.6) is 0 Å². The van der Waals surface area contributed by atoms with E-state index >= 15 is 0 Å². The molecule has 18 heavy (non-hydrogen) atoms. The number of benzene rings is 1. The van der Waals surface area contributed by atoms with Crippen LogP contribution in [0.3, 0.4) is 0 Å². The molecule has 98 valence electrons. The Bertz CT molecular complexity index is 431. The summed E-state index contributed by atoms with van der Waals surface area (Å²) in [6, 6.07) is 4.32. The van der Waals surface area contributed by atoms with Gasteiger partial charge in [-0.25, -0.2) is 4.39 Å². The molecule has 0 spiro atoms. The Morgan fingerprint density at radius 2 is 2.33 bits per heavy atom. The van der Waals surface area contributed by atoms with Gasteiger partial charge in [0, 0.05) is 18.1 Å². The Morgan fingerprint density at radius 1 is 1.50 bits per heavy atom. The van der Waals surface area contributed by atoms with Crippen LogP contribution in [0, 0.1) is 17.1 Å². The van der Waals surface area contributed by atoms with E-state index in [1.807, 2.05) is 0 Å². The molecule has 1 fully saturated rings. The number of nitrogens with two attached hydrogens (primary N) is 1. The minimum atomic E-state index is -0.398. The van der Waals surface area contributed by atoms with Crippen LogP contribution in [0.4, 0.5) is 4.39 Å². The molecule has 5 heteroatoms. The van der Waals surface area contributed by atoms with E-state index in [0.29, 0.717) is 30.3 Å². The Balaban J connectivity index is 1.89. The maximum Gasteiger partial charge on any atom is 0.124 e. The van der Waals surface area contributed by atoms with Crippen LogP contribution in [0.1, 0.15) is 17.5 Å². The fourth-order valence-electron chi connectivity index (χ4n) is 1.95. The first-order valence-corrected chi connectivity index (χ1v) is 5.94. The van der Waals surface area contributed by atoms with Gasteiger partial charge in [-0.3, -0.25) is 5.41 Å². The molecule has 1 saturated heterocycles.